The van der Waals surface area contributed by atoms with E-state index in [0.717, 1.165) is 17.3 Å². The lowest BCUT2D eigenvalue weighted by Crippen LogP contribution is -2.09. The van der Waals surface area contributed by atoms with Crippen molar-refractivity contribution in [2.24, 2.45) is 0 Å². The third-order valence-corrected chi connectivity index (χ3v) is 5.05. The lowest BCUT2D eigenvalue weighted by Gasteiger charge is -2.13. The molecule has 2 heterocycles. The summed E-state index contributed by atoms with van der Waals surface area (Å²) in [6, 6.07) is 6.44. The van der Waals surface area contributed by atoms with Gasteiger partial charge in [-0.15, -0.1) is 0 Å². The van der Waals surface area contributed by atoms with Gasteiger partial charge in [0.1, 0.15) is 29.1 Å². The van der Waals surface area contributed by atoms with Crippen LogP contribution in [0.1, 0.15) is 36.8 Å². The zero-order valence-corrected chi connectivity index (χ0v) is 15.7. The number of halogens is 2. The summed E-state index contributed by atoms with van der Waals surface area (Å²) < 4.78 is 29.0. The molecule has 0 aliphatic rings. The SMILES string of the molecule is CC(C)c1nc(CO)n(Cc2ccc(=O)[nH]c2)c1Sc1cc(F)cc(F)c1. The fourth-order valence-corrected chi connectivity index (χ4v) is 3.93. The molecule has 0 aliphatic heterocycles. The van der Waals surface area contributed by atoms with Gasteiger partial charge >= 0.3 is 0 Å². The minimum atomic E-state index is -0.655. The maximum absolute atomic E-state index is 13.6. The fraction of sp³-hybridized carbons (Fsp3) is 0.263. The highest BCUT2D eigenvalue weighted by molar-refractivity contribution is 7.99. The van der Waals surface area contributed by atoms with Crippen molar-refractivity contribution in [3.63, 3.8) is 0 Å². The standard InChI is InChI=1S/C19H19F2N3O2S/c1-11(2)18-19(27-15-6-13(20)5-14(21)7-15)24(16(10-25)23-18)9-12-3-4-17(26)22-8-12/h3-8,11,25H,9-10H2,1-2H3,(H,22,26). The van der Waals surface area contributed by atoms with Gasteiger partial charge in [0.15, 0.2) is 0 Å². The molecule has 0 unspecified atom stereocenters. The summed E-state index contributed by atoms with van der Waals surface area (Å²) >= 11 is 1.19. The smallest absolute Gasteiger partial charge is 0.247 e. The first kappa shape index (κ1) is 19.3. The van der Waals surface area contributed by atoms with Crippen molar-refractivity contribution in [1.29, 1.82) is 0 Å². The van der Waals surface area contributed by atoms with E-state index in [4.69, 9.17) is 0 Å². The number of pyridine rings is 1. The van der Waals surface area contributed by atoms with Crippen molar-refractivity contribution in [2.75, 3.05) is 0 Å². The minimum absolute atomic E-state index is 0.0491. The predicted molar refractivity (Wildman–Crippen MR) is 98.9 cm³/mol. The van der Waals surface area contributed by atoms with Crippen molar-refractivity contribution in [3.8, 4) is 0 Å². The second kappa shape index (κ2) is 8.06. The summed E-state index contributed by atoms with van der Waals surface area (Å²) in [5, 5.41) is 10.4. The predicted octanol–water partition coefficient (Wildman–Crippen LogP) is 3.66. The number of H-pyrrole nitrogens is 1. The Kier molecular flexibility index (Phi) is 5.76. The van der Waals surface area contributed by atoms with Crippen LogP contribution >= 0.6 is 11.8 Å². The quantitative estimate of drug-likeness (QED) is 0.673. The Morgan fingerprint density at radius 1 is 1.22 bits per heavy atom. The Balaban J connectivity index is 2.07. The molecule has 0 bridgehead atoms. The number of aromatic amines is 1. The van der Waals surface area contributed by atoms with E-state index < -0.39 is 11.6 Å². The molecule has 2 N–H and O–H groups in total. The van der Waals surface area contributed by atoms with Gasteiger partial charge in [0.05, 0.1) is 12.2 Å². The topological polar surface area (TPSA) is 70.9 Å². The fourth-order valence-electron chi connectivity index (χ4n) is 2.69. The maximum Gasteiger partial charge on any atom is 0.247 e. The average molecular weight is 391 g/mol. The summed E-state index contributed by atoms with van der Waals surface area (Å²) in [6.45, 7) is 4.00. The van der Waals surface area contributed by atoms with Crippen LogP contribution in [0.25, 0.3) is 0 Å². The number of rotatable bonds is 6. The molecule has 3 rings (SSSR count). The number of hydrogen-bond donors (Lipinski definition) is 2. The van der Waals surface area contributed by atoms with Gasteiger partial charge < -0.3 is 14.7 Å². The van der Waals surface area contributed by atoms with Gasteiger partial charge in [-0.3, -0.25) is 4.79 Å². The molecule has 0 fully saturated rings. The molecule has 5 nitrogen and oxygen atoms in total. The lowest BCUT2D eigenvalue weighted by atomic mass is 10.1. The molecule has 1 aromatic carbocycles. The van der Waals surface area contributed by atoms with E-state index in [1.54, 1.807) is 16.8 Å². The van der Waals surface area contributed by atoms with Crippen molar-refractivity contribution < 1.29 is 13.9 Å². The number of nitrogens with zero attached hydrogens (tertiary/aromatic N) is 2. The summed E-state index contributed by atoms with van der Waals surface area (Å²) in [6.07, 6.45) is 1.59. The first-order valence-corrected chi connectivity index (χ1v) is 9.20. The second-order valence-corrected chi connectivity index (χ2v) is 7.45. The Bertz CT molecular complexity index is 974. The molecule has 0 aliphatic carbocycles. The van der Waals surface area contributed by atoms with Gasteiger partial charge in [0, 0.05) is 23.2 Å². The van der Waals surface area contributed by atoms with E-state index >= 15 is 0 Å². The van der Waals surface area contributed by atoms with E-state index in [2.05, 4.69) is 9.97 Å². The van der Waals surface area contributed by atoms with Gasteiger partial charge in [-0.25, -0.2) is 13.8 Å². The monoisotopic (exact) mass is 391 g/mol. The Morgan fingerprint density at radius 3 is 2.48 bits per heavy atom. The largest absolute Gasteiger partial charge is 0.388 e. The highest BCUT2D eigenvalue weighted by atomic mass is 32.2. The van der Waals surface area contributed by atoms with Crippen LogP contribution in [0, 0.1) is 11.6 Å². The number of aliphatic hydroxyl groups excluding tert-OH is 1. The van der Waals surface area contributed by atoms with Gasteiger partial charge in [-0.05, 0) is 23.6 Å². The molecule has 27 heavy (non-hydrogen) atoms. The number of hydrogen-bond acceptors (Lipinski definition) is 4. The molecule has 2 aromatic heterocycles. The van der Waals surface area contributed by atoms with E-state index in [-0.39, 0.29) is 18.1 Å². The van der Waals surface area contributed by atoms with Crippen LogP contribution in [0.5, 0.6) is 0 Å². The van der Waals surface area contributed by atoms with Crippen LogP contribution in [-0.2, 0) is 13.2 Å². The van der Waals surface area contributed by atoms with Crippen LogP contribution in [-0.4, -0.2) is 19.6 Å². The highest BCUT2D eigenvalue weighted by Crippen LogP contribution is 2.36. The third kappa shape index (κ3) is 4.45. The van der Waals surface area contributed by atoms with Gasteiger partial charge in [0.2, 0.25) is 5.56 Å². The summed E-state index contributed by atoms with van der Waals surface area (Å²) in [4.78, 5) is 18.8. The zero-order valence-electron chi connectivity index (χ0n) is 14.9. The lowest BCUT2D eigenvalue weighted by molar-refractivity contribution is 0.265. The molecule has 0 amide bonds. The van der Waals surface area contributed by atoms with Crippen LogP contribution in [0.2, 0.25) is 0 Å². The maximum atomic E-state index is 13.6. The van der Waals surface area contributed by atoms with Crippen molar-refractivity contribution in [2.45, 2.75) is 42.8 Å². The third-order valence-electron chi connectivity index (χ3n) is 3.95. The van der Waals surface area contributed by atoms with Crippen molar-refractivity contribution in [3.05, 3.63) is 75.6 Å². The summed E-state index contributed by atoms with van der Waals surface area (Å²) in [5.41, 5.74) is 1.34. The molecule has 0 radical (unpaired) electrons. The molecule has 3 aromatic rings. The molecular weight excluding hydrogens is 372 g/mol. The molecule has 0 atom stereocenters. The molecule has 0 spiro atoms. The Morgan fingerprint density at radius 2 is 1.93 bits per heavy atom. The molecule has 0 saturated heterocycles. The molecule has 8 heteroatoms. The number of aromatic nitrogens is 3. The average Bonchev–Trinajstić information content (AvgIpc) is 2.94. The first-order chi connectivity index (χ1) is 12.9. The van der Waals surface area contributed by atoms with E-state index in [0.29, 0.717) is 22.3 Å². The Labute approximate surface area is 159 Å². The Hall–Kier alpha value is -2.45. The first-order valence-electron chi connectivity index (χ1n) is 8.39. The molecule has 0 saturated carbocycles. The van der Waals surface area contributed by atoms with Crippen molar-refractivity contribution >= 4 is 11.8 Å². The van der Waals surface area contributed by atoms with E-state index in [9.17, 15) is 18.7 Å². The van der Waals surface area contributed by atoms with Crippen LogP contribution in [0.4, 0.5) is 8.78 Å². The zero-order chi connectivity index (χ0) is 19.6. The van der Waals surface area contributed by atoms with E-state index in [1.807, 2.05) is 13.8 Å². The van der Waals surface area contributed by atoms with E-state index in [1.165, 1.54) is 30.0 Å². The highest BCUT2D eigenvalue weighted by Gasteiger charge is 2.21. The summed E-state index contributed by atoms with van der Waals surface area (Å²) in [5.74, 6) is -0.812. The summed E-state index contributed by atoms with van der Waals surface area (Å²) in [7, 11) is 0. The molecule has 142 valence electrons. The number of aliphatic hydroxyl groups is 1. The number of benzene rings is 1. The van der Waals surface area contributed by atoms with Crippen LogP contribution in [0.3, 0.4) is 0 Å². The van der Waals surface area contributed by atoms with Crippen LogP contribution in [0.15, 0.2) is 51.2 Å². The number of nitrogens with one attached hydrogen (secondary N) is 1. The normalized spacial score (nSPS) is 11.3. The van der Waals surface area contributed by atoms with Crippen molar-refractivity contribution in [1.82, 2.24) is 14.5 Å². The number of imidazole rings is 1. The minimum Gasteiger partial charge on any atom is -0.388 e. The van der Waals surface area contributed by atoms with Gasteiger partial charge in [-0.2, -0.15) is 0 Å². The second-order valence-electron chi connectivity index (χ2n) is 6.39. The van der Waals surface area contributed by atoms with Gasteiger partial charge in [-0.1, -0.05) is 31.7 Å². The van der Waals surface area contributed by atoms with Gasteiger partial charge in [0.25, 0.3) is 0 Å². The molecular formula is C19H19F2N3O2S. The van der Waals surface area contributed by atoms with Crippen LogP contribution < -0.4 is 5.56 Å².